The molecule has 78 valence electrons. The van der Waals surface area contributed by atoms with Gasteiger partial charge in [0, 0.05) is 6.04 Å². The predicted molar refractivity (Wildman–Crippen MR) is 55.9 cm³/mol. The summed E-state index contributed by atoms with van der Waals surface area (Å²) in [5.41, 5.74) is 0. The molecule has 2 nitrogen and oxygen atoms in total. The topological polar surface area (TPSA) is 21.3 Å². The van der Waals surface area contributed by atoms with Crippen LogP contribution in [0.25, 0.3) is 0 Å². The molecular formula is C11H23NO. The van der Waals surface area contributed by atoms with E-state index >= 15 is 0 Å². The van der Waals surface area contributed by atoms with Crippen molar-refractivity contribution in [3.8, 4) is 0 Å². The first-order valence-corrected chi connectivity index (χ1v) is 5.51. The average molecular weight is 185 g/mol. The first kappa shape index (κ1) is 11.0. The molecule has 1 saturated carbocycles. The molecule has 1 rings (SSSR count). The molecule has 0 radical (unpaired) electrons. The number of ether oxygens (including phenoxy) is 1. The maximum Gasteiger partial charge on any atom is 0.0620 e. The summed E-state index contributed by atoms with van der Waals surface area (Å²) in [6.45, 7) is 5.35. The minimum absolute atomic E-state index is 0.486. The monoisotopic (exact) mass is 185 g/mol. The third-order valence-electron chi connectivity index (χ3n) is 3.04. The summed E-state index contributed by atoms with van der Waals surface area (Å²) in [7, 11) is 1.98. The number of rotatable bonds is 4. The van der Waals surface area contributed by atoms with E-state index in [0.717, 1.165) is 12.5 Å². The van der Waals surface area contributed by atoms with E-state index in [4.69, 9.17) is 4.74 Å². The third-order valence-corrected chi connectivity index (χ3v) is 3.04. The lowest BCUT2D eigenvalue weighted by Crippen LogP contribution is -2.30. The van der Waals surface area contributed by atoms with Crippen molar-refractivity contribution in [3.63, 3.8) is 0 Å². The van der Waals surface area contributed by atoms with Crippen molar-refractivity contribution in [1.29, 1.82) is 0 Å². The van der Waals surface area contributed by atoms with Gasteiger partial charge in [0.1, 0.15) is 0 Å². The van der Waals surface area contributed by atoms with Gasteiger partial charge in [-0.3, -0.25) is 0 Å². The second-order valence-corrected chi connectivity index (χ2v) is 4.40. The van der Waals surface area contributed by atoms with E-state index in [0.29, 0.717) is 12.1 Å². The zero-order chi connectivity index (χ0) is 9.68. The molecule has 1 aliphatic rings. The first-order chi connectivity index (χ1) is 6.22. The highest BCUT2D eigenvalue weighted by molar-refractivity contribution is 4.70. The lowest BCUT2D eigenvalue weighted by molar-refractivity contribution is 0.0113. The number of hydrogen-bond acceptors (Lipinski definition) is 2. The second-order valence-electron chi connectivity index (χ2n) is 4.40. The van der Waals surface area contributed by atoms with E-state index in [1.54, 1.807) is 0 Å². The first-order valence-electron chi connectivity index (χ1n) is 5.51. The van der Waals surface area contributed by atoms with Crippen LogP contribution in [0.4, 0.5) is 0 Å². The van der Waals surface area contributed by atoms with Crippen LogP contribution in [0, 0.1) is 5.92 Å². The van der Waals surface area contributed by atoms with E-state index < -0.39 is 0 Å². The van der Waals surface area contributed by atoms with E-state index in [1.165, 1.54) is 25.7 Å². The molecule has 1 fully saturated rings. The van der Waals surface area contributed by atoms with E-state index in [9.17, 15) is 0 Å². The second kappa shape index (κ2) is 5.61. The van der Waals surface area contributed by atoms with Crippen LogP contribution >= 0.6 is 0 Å². The van der Waals surface area contributed by atoms with Crippen molar-refractivity contribution in [2.45, 2.75) is 51.7 Å². The van der Waals surface area contributed by atoms with Crippen LogP contribution in [0.3, 0.4) is 0 Å². The molecule has 13 heavy (non-hydrogen) atoms. The van der Waals surface area contributed by atoms with Gasteiger partial charge in [-0.05, 0) is 45.6 Å². The highest BCUT2D eigenvalue weighted by Crippen LogP contribution is 2.25. The summed E-state index contributed by atoms with van der Waals surface area (Å²) < 4.78 is 5.82. The summed E-state index contributed by atoms with van der Waals surface area (Å²) in [5, 5.41) is 3.19. The van der Waals surface area contributed by atoms with Gasteiger partial charge in [0.05, 0.1) is 12.7 Å². The van der Waals surface area contributed by atoms with Crippen LogP contribution in [0.2, 0.25) is 0 Å². The molecule has 0 amide bonds. The highest BCUT2D eigenvalue weighted by Gasteiger charge is 2.18. The molecule has 0 aromatic rings. The Labute approximate surface area is 82.0 Å². The Morgan fingerprint density at radius 2 is 1.92 bits per heavy atom. The molecule has 1 aliphatic carbocycles. The molecule has 0 saturated heterocycles. The Kier molecular flexibility index (Phi) is 4.74. The highest BCUT2D eigenvalue weighted by atomic mass is 16.5. The summed E-state index contributed by atoms with van der Waals surface area (Å²) in [4.78, 5) is 0. The van der Waals surface area contributed by atoms with Gasteiger partial charge >= 0.3 is 0 Å². The van der Waals surface area contributed by atoms with E-state index in [-0.39, 0.29) is 0 Å². The summed E-state index contributed by atoms with van der Waals surface area (Å²) >= 11 is 0. The van der Waals surface area contributed by atoms with Gasteiger partial charge < -0.3 is 10.1 Å². The molecule has 0 spiro atoms. The number of nitrogens with one attached hydrogen (secondary N) is 1. The van der Waals surface area contributed by atoms with Crippen LogP contribution in [-0.2, 0) is 4.74 Å². The number of hydrogen-bond donors (Lipinski definition) is 1. The smallest absolute Gasteiger partial charge is 0.0620 e. The molecule has 1 atom stereocenters. The quantitative estimate of drug-likeness (QED) is 0.725. The molecule has 0 bridgehead atoms. The molecular weight excluding hydrogens is 162 g/mol. The molecule has 0 aliphatic heterocycles. The van der Waals surface area contributed by atoms with E-state index in [2.05, 4.69) is 19.2 Å². The Bertz CT molecular complexity index is 130. The Balaban J connectivity index is 2.08. The molecule has 2 heteroatoms. The Hall–Kier alpha value is -0.0800. The summed E-state index contributed by atoms with van der Waals surface area (Å²) in [6.07, 6.45) is 5.75. The average Bonchev–Trinajstić information content (AvgIpc) is 2.16. The van der Waals surface area contributed by atoms with Crippen LogP contribution in [0.15, 0.2) is 0 Å². The zero-order valence-corrected chi connectivity index (χ0v) is 9.18. The van der Waals surface area contributed by atoms with Gasteiger partial charge in [-0.2, -0.15) is 0 Å². The van der Waals surface area contributed by atoms with Crippen molar-refractivity contribution in [1.82, 2.24) is 5.32 Å². The maximum absolute atomic E-state index is 5.82. The summed E-state index contributed by atoms with van der Waals surface area (Å²) in [6, 6.07) is 0.486. The SMILES string of the molecule is CNC(C)COC1CCC(C)CC1. The van der Waals surface area contributed by atoms with Crippen LogP contribution < -0.4 is 5.32 Å². The largest absolute Gasteiger partial charge is 0.377 e. The Morgan fingerprint density at radius 3 is 2.46 bits per heavy atom. The molecule has 0 aromatic heterocycles. The van der Waals surface area contributed by atoms with Gasteiger partial charge in [0.2, 0.25) is 0 Å². The van der Waals surface area contributed by atoms with E-state index in [1.807, 2.05) is 7.05 Å². The van der Waals surface area contributed by atoms with Gasteiger partial charge in [-0.25, -0.2) is 0 Å². The van der Waals surface area contributed by atoms with Gasteiger partial charge in [-0.15, -0.1) is 0 Å². The standard InChI is InChI=1S/C11H23NO/c1-9-4-6-11(7-5-9)13-8-10(2)12-3/h9-12H,4-8H2,1-3H3. The molecule has 0 aromatic carbocycles. The van der Waals surface area contributed by atoms with Crippen LogP contribution in [-0.4, -0.2) is 25.8 Å². The van der Waals surface area contributed by atoms with Gasteiger partial charge in [-0.1, -0.05) is 6.92 Å². The lowest BCUT2D eigenvalue weighted by atomic mass is 9.89. The molecule has 1 unspecified atom stereocenters. The van der Waals surface area contributed by atoms with Crippen molar-refractivity contribution in [3.05, 3.63) is 0 Å². The van der Waals surface area contributed by atoms with Crippen LogP contribution in [0.5, 0.6) is 0 Å². The van der Waals surface area contributed by atoms with Crippen LogP contribution in [0.1, 0.15) is 39.5 Å². The third kappa shape index (κ3) is 4.10. The molecule has 1 N–H and O–H groups in total. The van der Waals surface area contributed by atoms with Gasteiger partial charge in [0.15, 0.2) is 0 Å². The zero-order valence-electron chi connectivity index (χ0n) is 9.18. The number of likely N-dealkylation sites (N-methyl/N-ethyl adjacent to an activating group) is 1. The minimum Gasteiger partial charge on any atom is -0.377 e. The molecule has 0 heterocycles. The fraction of sp³-hybridized carbons (Fsp3) is 1.00. The fourth-order valence-corrected chi connectivity index (χ4v) is 1.76. The summed E-state index contributed by atoms with van der Waals surface area (Å²) in [5.74, 6) is 0.918. The normalized spacial score (nSPS) is 31.6. The Morgan fingerprint density at radius 1 is 1.31 bits per heavy atom. The van der Waals surface area contributed by atoms with Crippen molar-refractivity contribution in [2.24, 2.45) is 5.92 Å². The minimum atomic E-state index is 0.486. The van der Waals surface area contributed by atoms with Crippen molar-refractivity contribution < 1.29 is 4.74 Å². The predicted octanol–water partition coefficient (Wildman–Crippen LogP) is 2.19. The maximum atomic E-state index is 5.82. The fourth-order valence-electron chi connectivity index (χ4n) is 1.76. The van der Waals surface area contributed by atoms with Crippen molar-refractivity contribution in [2.75, 3.05) is 13.7 Å². The van der Waals surface area contributed by atoms with Crippen molar-refractivity contribution >= 4 is 0 Å². The van der Waals surface area contributed by atoms with Gasteiger partial charge in [0.25, 0.3) is 0 Å². The lowest BCUT2D eigenvalue weighted by Gasteiger charge is -2.27.